The second-order valence-electron chi connectivity index (χ2n) is 6.77. The van der Waals surface area contributed by atoms with E-state index in [1.165, 1.54) is 12.0 Å². The minimum atomic E-state index is -0.825. The van der Waals surface area contributed by atoms with Crippen LogP contribution in [0.25, 0.3) is 0 Å². The molecule has 1 amide bonds. The number of rotatable bonds is 10. The Bertz CT molecular complexity index is 708. The van der Waals surface area contributed by atoms with Crippen molar-refractivity contribution in [1.29, 1.82) is 0 Å². The Labute approximate surface area is 177 Å². The maximum absolute atomic E-state index is 13.0. The molecule has 0 bridgehead atoms. The van der Waals surface area contributed by atoms with E-state index in [2.05, 4.69) is 6.92 Å². The van der Waals surface area contributed by atoms with Gasteiger partial charge in [0.1, 0.15) is 6.04 Å². The van der Waals surface area contributed by atoms with Crippen LogP contribution in [0.3, 0.4) is 0 Å². The fourth-order valence-corrected chi connectivity index (χ4v) is 3.84. The molecule has 156 valence electrons. The van der Waals surface area contributed by atoms with Crippen molar-refractivity contribution in [2.45, 2.75) is 65.8 Å². The van der Waals surface area contributed by atoms with Crippen LogP contribution in [0.15, 0.2) is 12.1 Å². The largest absolute Gasteiger partial charge is 0.467 e. The molecule has 0 saturated heterocycles. The Kier molecular flexibility index (Phi) is 10.6. The van der Waals surface area contributed by atoms with Gasteiger partial charge in [-0.3, -0.25) is 14.5 Å². The van der Waals surface area contributed by atoms with E-state index in [-0.39, 0.29) is 16.8 Å². The third-order valence-corrected chi connectivity index (χ3v) is 5.92. The minimum absolute atomic E-state index is 0.00494. The zero-order valence-corrected chi connectivity index (χ0v) is 18.9. The summed E-state index contributed by atoms with van der Waals surface area (Å²) in [6, 6.07) is 2.74. The van der Waals surface area contributed by atoms with Gasteiger partial charge in [0.2, 0.25) is 5.91 Å². The lowest BCUT2D eigenvalue weighted by molar-refractivity contribution is -0.142. The number of esters is 1. The first kappa shape index (κ1) is 24.5. The van der Waals surface area contributed by atoms with Gasteiger partial charge >= 0.3 is 5.97 Å². The Morgan fingerprint density at radius 3 is 2.46 bits per heavy atom. The van der Waals surface area contributed by atoms with E-state index in [1.807, 2.05) is 6.92 Å². The predicted octanol–water partition coefficient (Wildman–Crippen LogP) is 5.08. The monoisotopic (exact) mass is 427 g/mol. The van der Waals surface area contributed by atoms with Crippen LogP contribution in [0, 0.1) is 13.8 Å². The van der Waals surface area contributed by atoms with Gasteiger partial charge in [-0.1, -0.05) is 55.6 Å². The Balaban J connectivity index is 2.98. The number of carbonyl (C=O) groups is 3. The lowest BCUT2D eigenvalue weighted by atomic mass is 10.1. The number of benzene rings is 1. The van der Waals surface area contributed by atoms with Gasteiger partial charge < -0.3 is 4.74 Å². The summed E-state index contributed by atoms with van der Waals surface area (Å²) in [5.74, 6) is -0.874. The van der Waals surface area contributed by atoms with Crippen LogP contribution in [0.4, 0.5) is 5.69 Å². The molecule has 5 nitrogen and oxygen atoms in total. The number of nitrogens with zero attached hydrogens (tertiary/aromatic N) is 1. The van der Waals surface area contributed by atoms with E-state index < -0.39 is 12.0 Å². The zero-order chi connectivity index (χ0) is 21.3. The summed E-state index contributed by atoms with van der Waals surface area (Å²) in [5.41, 5.74) is 2.12. The first-order valence-electron chi connectivity index (χ1n) is 9.55. The summed E-state index contributed by atoms with van der Waals surface area (Å²) in [6.45, 7) is 7.39. The lowest BCUT2D eigenvalue weighted by Crippen LogP contribution is -2.45. The van der Waals surface area contributed by atoms with Crippen LogP contribution in [0.2, 0.25) is 5.02 Å². The van der Waals surface area contributed by atoms with Crippen LogP contribution in [0.1, 0.15) is 57.1 Å². The summed E-state index contributed by atoms with van der Waals surface area (Å²) in [6.07, 6.45) is 4.53. The van der Waals surface area contributed by atoms with Crippen molar-refractivity contribution < 1.29 is 19.1 Å². The van der Waals surface area contributed by atoms with Gasteiger partial charge in [-0.15, -0.1) is 0 Å². The Morgan fingerprint density at radius 2 is 1.86 bits per heavy atom. The highest BCUT2D eigenvalue weighted by atomic mass is 35.5. The Hall–Kier alpha value is -1.53. The third kappa shape index (κ3) is 6.82. The lowest BCUT2D eigenvalue weighted by Gasteiger charge is -2.30. The van der Waals surface area contributed by atoms with Gasteiger partial charge in [-0.25, -0.2) is 4.79 Å². The number of anilines is 1. The molecule has 0 aromatic heterocycles. The van der Waals surface area contributed by atoms with Gasteiger partial charge in [0.25, 0.3) is 0 Å². The van der Waals surface area contributed by atoms with Crippen molar-refractivity contribution in [2.75, 3.05) is 17.8 Å². The molecule has 1 aromatic rings. The van der Waals surface area contributed by atoms with Crippen molar-refractivity contribution in [3.05, 3.63) is 28.3 Å². The number of methoxy groups -OCH3 is 1. The highest BCUT2D eigenvalue weighted by Gasteiger charge is 2.31. The number of amides is 1. The number of carbonyl (C=O) groups excluding carboxylic acids is 3. The molecule has 0 aliphatic carbocycles. The molecule has 28 heavy (non-hydrogen) atoms. The molecule has 0 N–H and O–H groups in total. The minimum Gasteiger partial charge on any atom is -0.467 e. The second kappa shape index (κ2) is 12.1. The van der Waals surface area contributed by atoms with Gasteiger partial charge in [0, 0.05) is 11.4 Å². The number of hydrogen-bond donors (Lipinski definition) is 0. The van der Waals surface area contributed by atoms with E-state index in [1.54, 1.807) is 26.0 Å². The average molecular weight is 428 g/mol. The summed E-state index contributed by atoms with van der Waals surface area (Å²) >= 11 is 7.25. The van der Waals surface area contributed by atoms with Crippen molar-refractivity contribution >= 4 is 46.0 Å². The Morgan fingerprint density at radius 1 is 1.18 bits per heavy atom. The van der Waals surface area contributed by atoms with Crippen molar-refractivity contribution in [3.8, 4) is 0 Å². The molecule has 1 atom stereocenters. The van der Waals surface area contributed by atoms with Crippen LogP contribution in [-0.4, -0.2) is 35.9 Å². The number of aryl methyl sites for hydroxylation is 1. The highest BCUT2D eigenvalue weighted by Crippen LogP contribution is 2.32. The molecule has 0 aliphatic heterocycles. The fourth-order valence-electron chi connectivity index (χ4n) is 2.97. The molecule has 0 spiro atoms. The van der Waals surface area contributed by atoms with Crippen molar-refractivity contribution in [2.24, 2.45) is 0 Å². The van der Waals surface area contributed by atoms with E-state index >= 15 is 0 Å². The molecule has 1 aromatic carbocycles. The average Bonchev–Trinajstić information content (AvgIpc) is 2.68. The molecule has 0 aliphatic rings. The first-order chi connectivity index (χ1) is 13.2. The number of unbranched alkanes of at least 4 members (excludes halogenated alkanes) is 3. The van der Waals surface area contributed by atoms with E-state index in [0.717, 1.165) is 43.0 Å². The van der Waals surface area contributed by atoms with Crippen LogP contribution >= 0.6 is 23.4 Å². The molecule has 0 radical (unpaired) electrons. The van der Waals surface area contributed by atoms with Crippen LogP contribution in [0.5, 0.6) is 0 Å². The molecule has 0 heterocycles. The standard InChI is InChI=1S/C21H30ClNO4S/c1-6-7-8-9-10-19(25)28-13-18(24)23(16(4)21(26)27-5)20-14(2)11-12-17(22)15(20)3/h11-12,16H,6-10,13H2,1-5H3. The van der Waals surface area contributed by atoms with Crippen LogP contribution in [-0.2, 0) is 19.1 Å². The molecule has 7 heteroatoms. The summed E-state index contributed by atoms with van der Waals surface area (Å²) in [4.78, 5) is 38.7. The molecule has 0 fully saturated rings. The van der Waals surface area contributed by atoms with Gasteiger partial charge in [0.05, 0.1) is 18.6 Å². The summed E-state index contributed by atoms with van der Waals surface area (Å²) < 4.78 is 4.84. The van der Waals surface area contributed by atoms with Gasteiger partial charge in [-0.05, 0) is 44.4 Å². The molecule has 1 unspecified atom stereocenters. The van der Waals surface area contributed by atoms with E-state index in [4.69, 9.17) is 16.3 Å². The molecule has 0 saturated carbocycles. The quantitative estimate of drug-likeness (QED) is 0.384. The fraction of sp³-hybridized carbons (Fsp3) is 0.571. The van der Waals surface area contributed by atoms with Crippen LogP contribution < -0.4 is 4.90 Å². The third-order valence-electron chi connectivity index (χ3n) is 4.60. The smallest absolute Gasteiger partial charge is 0.328 e. The SMILES string of the molecule is CCCCCCC(=O)SCC(=O)N(c1c(C)ccc(Cl)c1C)C(C)C(=O)OC. The maximum atomic E-state index is 13.0. The highest BCUT2D eigenvalue weighted by molar-refractivity contribution is 8.14. The summed E-state index contributed by atoms with van der Waals surface area (Å²) in [7, 11) is 1.29. The first-order valence-corrected chi connectivity index (χ1v) is 10.9. The van der Waals surface area contributed by atoms with Gasteiger partial charge in [-0.2, -0.15) is 0 Å². The van der Waals surface area contributed by atoms with Crippen molar-refractivity contribution in [1.82, 2.24) is 0 Å². The molecule has 1 rings (SSSR count). The number of hydrogen-bond acceptors (Lipinski definition) is 5. The predicted molar refractivity (Wildman–Crippen MR) is 116 cm³/mol. The molecular formula is C21H30ClNO4S. The maximum Gasteiger partial charge on any atom is 0.328 e. The van der Waals surface area contributed by atoms with E-state index in [0.29, 0.717) is 22.7 Å². The van der Waals surface area contributed by atoms with Crippen molar-refractivity contribution in [3.63, 3.8) is 0 Å². The number of thioether (sulfide) groups is 1. The number of halogens is 1. The normalized spacial score (nSPS) is 11.8. The topological polar surface area (TPSA) is 63.7 Å². The number of ether oxygens (including phenoxy) is 1. The summed E-state index contributed by atoms with van der Waals surface area (Å²) in [5, 5.41) is 0.504. The molecular weight excluding hydrogens is 398 g/mol. The second-order valence-corrected chi connectivity index (χ2v) is 8.21. The van der Waals surface area contributed by atoms with Gasteiger partial charge in [0.15, 0.2) is 5.12 Å². The van der Waals surface area contributed by atoms with E-state index in [9.17, 15) is 14.4 Å². The zero-order valence-electron chi connectivity index (χ0n) is 17.3.